The number of anilines is 1. The molecule has 0 atom stereocenters. The molecule has 0 bridgehead atoms. The normalized spacial score (nSPS) is 13.0. The standard InChI is InChI=1S/C23H20N2O4/c1-14-6-7-15(2)20(11-14)25-22(27)18-9-8-16(12-19(18)23(25)28)21(26)24(3)13-17-5-4-10-29-17/h4-12H,13H2,1-3H3. The van der Waals surface area contributed by atoms with Crippen molar-refractivity contribution in [2.75, 3.05) is 11.9 Å². The lowest BCUT2D eigenvalue weighted by molar-refractivity contribution is 0.0775. The zero-order valence-corrected chi connectivity index (χ0v) is 16.4. The highest BCUT2D eigenvalue weighted by Gasteiger charge is 2.38. The molecule has 0 saturated carbocycles. The number of benzene rings is 2. The van der Waals surface area contributed by atoms with E-state index < -0.39 is 5.91 Å². The Balaban J connectivity index is 1.65. The van der Waals surface area contributed by atoms with Crippen LogP contribution < -0.4 is 4.90 Å². The minimum atomic E-state index is -0.415. The van der Waals surface area contributed by atoms with Gasteiger partial charge in [0.25, 0.3) is 17.7 Å². The summed E-state index contributed by atoms with van der Waals surface area (Å²) in [4.78, 5) is 41.4. The molecule has 1 aliphatic heterocycles. The number of fused-ring (bicyclic) bond motifs is 1. The molecule has 3 aromatic rings. The maximum Gasteiger partial charge on any atom is 0.266 e. The molecule has 0 radical (unpaired) electrons. The lowest BCUT2D eigenvalue weighted by Crippen LogP contribution is -2.30. The van der Waals surface area contributed by atoms with Crippen molar-refractivity contribution < 1.29 is 18.8 Å². The minimum absolute atomic E-state index is 0.244. The van der Waals surface area contributed by atoms with Gasteiger partial charge in [0, 0.05) is 12.6 Å². The first-order valence-electron chi connectivity index (χ1n) is 9.25. The van der Waals surface area contributed by atoms with Crippen LogP contribution in [0.5, 0.6) is 0 Å². The van der Waals surface area contributed by atoms with Crippen molar-refractivity contribution in [1.82, 2.24) is 4.90 Å². The lowest BCUT2D eigenvalue weighted by atomic mass is 10.0. The maximum absolute atomic E-state index is 13.0. The minimum Gasteiger partial charge on any atom is -0.467 e. The van der Waals surface area contributed by atoms with Gasteiger partial charge in [0.15, 0.2) is 0 Å². The molecule has 6 nitrogen and oxygen atoms in total. The number of hydrogen-bond donors (Lipinski definition) is 0. The first kappa shape index (κ1) is 18.7. The monoisotopic (exact) mass is 388 g/mol. The van der Waals surface area contributed by atoms with Crippen LogP contribution in [0.2, 0.25) is 0 Å². The molecule has 29 heavy (non-hydrogen) atoms. The van der Waals surface area contributed by atoms with E-state index in [1.807, 2.05) is 32.0 Å². The van der Waals surface area contributed by atoms with Gasteiger partial charge >= 0.3 is 0 Å². The number of amides is 3. The molecule has 0 aliphatic carbocycles. The van der Waals surface area contributed by atoms with Crippen molar-refractivity contribution in [3.05, 3.63) is 88.4 Å². The van der Waals surface area contributed by atoms with Gasteiger partial charge in [-0.1, -0.05) is 12.1 Å². The lowest BCUT2D eigenvalue weighted by Gasteiger charge is -2.17. The second kappa shape index (κ2) is 7.05. The quantitative estimate of drug-likeness (QED) is 0.634. The van der Waals surface area contributed by atoms with Gasteiger partial charge in [-0.3, -0.25) is 14.4 Å². The molecular formula is C23H20N2O4. The second-order valence-corrected chi connectivity index (χ2v) is 7.24. The van der Waals surface area contributed by atoms with Gasteiger partial charge in [-0.25, -0.2) is 4.90 Å². The molecule has 0 saturated heterocycles. The molecule has 1 aliphatic rings. The number of furan rings is 1. The number of hydrogen-bond acceptors (Lipinski definition) is 4. The third-order valence-electron chi connectivity index (χ3n) is 5.06. The number of aryl methyl sites for hydroxylation is 2. The van der Waals surface area contributed by atoms with Crippen LogP contribution in [0.25, 0.3) is 0 Å². The van der Waals surface area contributed by atoms with Gasteiger partial charge in [-0.05, 0) is 61.4 Å². The smallest absolute Gasteiger partial charge is 0.266 e. The zero-order valence-electron chi connectivity index (χ0n) is 16.4. The fraction of sp³-hybridized carbons (Fsp3) is 0.174. The Morgan fingerprint density at radius 1 is 1.00 bits per heavy atom. The molecule has 0 spiro atoms. The number of rotatable bonds is 4. The number of nitrogens with zero attached hydrogens (tertiary/aromatic N) is 2. The van der Waals surface area contributed by atoms with Crippen LogP contribution >= 0.6 is 0 Å². The number of carbonyl (C=O) groups is 3. The molecule has 1 aromatic heterocycles. The van der Waals surface area contributed by atoms with Crippen molar-refractivity contribution in [1.29, 1.82) is 0 Å². The van der Waals surface area contributed by atoms with E-state index in [1.54, 1.807) is 37.6 Å². The van der Waals surface area contributed by atoms with E-state index in [1.165, 1.54) is 15.9 Å². The Bertz CT molecular complexity index is 1130. The number of carbonyl (C=O) groups excluding carboxylic acids is 3. The van der Waals surface area contributed by atoms with Crippen molar-refractivity contribution in [2.24, 2.45) is 0 Å². The van der Waals surface area contributed by atoms with E-state index in [0.29, 0.717) is 29.1 Å². The van der Waals surface area contributed by atoms with E-state index >= 15 is 0 Å². The first-order valence-corrected chi connectivity index (χ1v) is 9.25. The highest BCUT2D eigenvalue weighted by atomic mass is 16.3. The van der Waals surface area contributed by atoms with Crippen molar-refractivity contribution in [3.8, 4) is 0 Å². The van der Waals surface area contributed by atoms with Crippen molar-refractivity contribution in [2.45, 2.75) is 20.4 Å². The fourth-order valence-electron chi connectivity index (χ4n) is 3.48. The van der Waals surface area contributed by atoms with Crippen LogP contribution in [-0.4, -0.2) is 29.7 Å². The van der Waals surface area contributed by atoms with Crippen LogP contribution in [-0.2, 0) is 6.54 Å². The van der Waals surface area contributed by atoms with Gasteiger partial charge in [0.05, 0.1) is 29.6 Å². The van der Waals surface area contributed by atoms with E-state index in [4.69, 9.17) is 4.42 Å². The van der Waals surface area contributed by atoms with Crippen LogP contribution in [0.1, 0.15) is 48.0 Å². The van der Waals surface area contributed by atoms with Gasteiger partial charge in [-0.2, -0.15) is 0 Å². The summed E-state index contributed by atoms with van der Waals surface area (Å²) >= 11 is 0. The molecular weight excluding hydrogens is 368 g/mol. The summed E-state index contributed by atoms with van der Waals surface area (Å²) in [6.07, 6.45) is 1.55. The summed E-state index contributed by atoms with van der Waals surface area (Å²) in [5.41, 5.74) is 3.26. The summed E-state index contributed by atoms with van der Waals surface area (Å²) in [5.74, 6) is -0.382. The molecule has 0 N–H and O–H groups in total. The second-order valence-electron chi connectivity index (χ2n) is 7.24. The Labute approximate surface area is 168 Å². The van der Waals surface area contributed by atoms with E-state index in [9.17, 15) is 14.4 Å². The fourth-order valence-corrected chi connectivity index (χ4v) is 3.48. The van der Waals surface area contributed by atoms with Crippen LogP contribution in [0.3, 0.4) is 0 Å². The molecule has 146 valence electrons. The zero-order chi connectivity index (χ0) is 20.7. The largest absolute Gasteiger partial charge is 0.467 e. The van der Waals surface area contributed by atoms with E-state index in [-0.39, 0.29) is 17.4 Å². The predicted octanol–water partition coefficient (Wildman–Crippen LogP) is 3.97. The van der Waals surface area contributed by atoms with Gasteiger partial charge in [0.1, 0.15) is 5.76 Å². The van der Waals surface area contributed by atoms with Crippen molar-refractivity contribution >= 4 is 23.4 Å². The molecule has 6 heteroatoms. The van der Waals surface area contributed by atoms with E-state index in [2.05, 4.69) is 0 Å². The molecule has 0 fully saturated rings. The first-order chi connectivity index (χ1) is 13.9. The van der Waals surface area contributed by atoms with Crippen LogP contribution in [0.4, 0.5) is 5.69 Å². The third-order valence-corrected chi connectivity index (χ3v) is 5.06. The van der Waals surface area contributed by atoms with Crippen molar-refractivity contribution in [3.63, 3.8) is 0 Å². The van der Waals surface area contributed by atoms with Gasteiger partial charge in [0.2, 0.25) is 0 Å². The third kappa shape index (κ3) is 3.23. The van der Waals surface area contributed by atoms with Crippen LogP contribution in [0, 0.1) is 13.8 Å². The predicted molar refractivity (Wildman–Crippen MR) is 108 cm³/mol. The highest BCUT2D eigenvalue weighted by Crippen LogP contribution is 2.32. The molecule has 4 rings (SSSR count). The topological polar surface area (TPSA) is 70.8 Å². The van der Waals surface area contributed by atoms with E-state index in [0.717, 1.165) is 11.1 Å². The molecule has 3 amide bonds. The Hall–Kier alpha value is -3.67. The summed E-state index contributed by atoms with van der Waals surface area (Å²) in [7, 11) is 1.66. The summed E-state index contributed by atoms with van der Waals surface area (Å²) in [6, 6.07) is 13.8. The van der Waals surface area contributed by atoms with Gasteiger partial charge in [-0.15, -0.1) is 0 Å². The Morgan fingerprint density at radius 2 is 1.76 bits per heavy atom. The summed E-state index contributed by atoms with van der Waals surface area (Å²) in [5, 5.41) is 0. The number of imide groups is 1. The molecule has 0 unspecified atom stereocenters. The molecule has 2 heterocycles. The highest BCUT2D eigenvalue weighted by molar-refractivity contribution is 6.35. The summed E-state index contributed by atoms with van der Waals surface area (Å²) < 4.78 is 5.28. The Kier molecular flexibility index (Phi) is 4.54. The summed E-state index contributed by atoms with van der Waals surface area (Å²) in [6.45, 7) is 4.08. The van der Waals surface area contributed by atoms with Gasteiger partial charge < -0.3 is 9.32 Å². The average molecular weight is 388 g/mol. The average Bonchev–Trinajstić information content (AvgIpc) is 3.30. The van der Waals surface area contributed by atoms with Crippen LogP contribution in [0.15, 0.2) is 59.2 Å². The molecule has 2 aromatic carbocycles. The SMILES string of the molecule is Cc1ccc(C)c(N2C(=O)c3ccc(C(=O)N(C)Cc4ccco4)cc3C2=O)c1. The maximum atomic E-state index is 13.0. The Morgan fingerprint density at radius 3 is 2.48 bits per heavy atom.